The number of carbonyl (C=O) groups excluding carboxylic acids is 2. The van der Waals surface area contributed by atoms with Crippen molar-refractivity contribution in [1.29, 1.82) is 0 Å². The molecule has 0 bridgehead atoms. The molecule has 202 valence electrons. The number of aromatic amines is 2. The average Bonchev–Trinajstić information content (AvgIpc) is 3.46. The van der Waals surface area contributed by atoms with Crippen LogP contribution in [-0.2, 0) is 9.47 Å². The zero-order valence-corrected chi connectivity index (χ0v) is 24.6. The van der Waals surface area contributed by atoms with Gasteiger partial charge in [0, 0.05) is 39.1 Å². The molecule has 5 rings (SSSR count). The molecule has 0 atom stereocenters. The zero-order chi connectivity index (χ0) is 28.1. The maximum absolute atomic E-state index is 12.4. The Balaban J connectivity index is 0.000000193. The van der Waals surface area contributed by atoms with E-state index in [1.165, 1.54) is 5.56 Å². The van der Waals surface area contributed by atoms with Crippen LogP contribution in [0.5, 0.6) is 5.88 Å². The minimum Gasteiger partial charge on any atom is -0.481 e. The van der Waals surface area contributed by atoms with Gasteiger partial charge in [0.15, 0.2) is 0 Å². The molecule has 0 unspecified atom stereocenters. The number of aromatic nitrogens is 3. The van der Waals surface area contributed by atoms with Crippen molar-refractivity contribution in [2.45, 2.75) is 27.7 Å². The summed E-state index contributed by atoms with van der Waals surface area (Å²) >= 11 is 2.17. The van der Waals surface area contributed by atoms with Crippen molar-refractivity contribution < 1.29 is 23.8 Å². The van der Waals surface area contributed by atoms with Gasteiger partial charge in [0.05, 0.1) is 23.9 Å². The highest BCUT2D eigenvalue weighted by Crippen LogP contribution is 2.37. The maximum Gasteiger partial charge on any atom is 0.355 e. The number of nitrogens with one attached hydrogen (secondary N) is 2. The lowest BCUT2D eigenvalue weighted by Crippen LogP contribution is -2.07. The van der Waals surface area contributed by atoms with Crippen LogP contribution in [0.25, 0.3) is 32.9 Å². The van der Waals surface area contributed by atoms with E-state index in [2.05, 4.69) is 43.6 Å². The van der Waals surface area contributed by atoms with E-state index in [-0.39, 0.29) is 11.9 Å². The molecule has 0 fully saturated rings. The molecular formula is C30H30IN3O5. The third-order valence-electron chi connectivity index (χ3n) is 6.04. The van der Waals surface area contributed by atoms with Crippen molar-refractivity contribution in [3.05, 3.63) is 80.8 Å². The Labute approximate surface area is 240 Å². The van der Waals surface area contributed by atoms with Crippen LogP contribution in [-0.4, -0.2) is 47.2 Å². The summed E-state index contributed by atoms with van der Waals surface area (Å²) in [7, 11) is 1.57. The van der Waals surface area contributed by atoms with E-state index in [1.54, 1.807) is 27.2 Å². The molecule has 3 heterocycles. The molecule has 2 N–H and O–H groups in total. The second-order valence-electron chi connectivity index (χ2n) is 8.79. The SMILES string of the molecule is CCOC(=O)c1[nH]c2ccc(C)cc2c1-c1cccnc1OC.CCOC(=O)c1[nH]c2ccc(C)cc2c1I. The molecule has 5 aromatic rings. The average molecular weight is 639 g/mol. The number of benzene rings is 2. The van der Waals surface area contributed by atoms with E-state index in [9.17, 15) is 9.59 Å². The van der Waals surface area contributed by atoms with Gasteiger partial charge in [-0.25, -0.2) is 14.6 Å². The highest BCUT2D eigenvalue weighted by molar-refractivity contribution is 14.1. The van der Waals surface area contributed by atoms with Gasteiger partial charge in [0.1, 0.15) is 11.4 Å². The van der Waals surface area contributed by atoms with Crippen LogP contribution >= 0.6 is 22.6 Å². The van der Waals surface area contributed by atoms with Crippen LogP contribution in [0.2, 0.25) is 0 Å². The van der Waals surface area contributed by atoms with Gasteiger partial charge in [-0.2, -0.15) is 0 Å². The second kappa shape index (κ2) is 12.3. The first kappa shape index (κ1) is 28.2. The van der Waals surface area contributed by atoms with E-state index in [0.717, 1.165) is 42.1 Å². The molecule has 0 aliphatic carbocycles. The highest BCUT2D eigenvalue weighted by Gasteiger charge is 2.23. The number of fused-ring (bicyclic) bond motifs is 2. The number of rotatable bonds is 6. The van der Waals surface area contributed by atoms with Gasteiger partial charge < -0.3 is 24.2 Å². The van der Waals surface area contributed by atoms with Gasteiger partial charge in [-0.3, -0.25) is 0 Å². The Morgan fingerprint density at radius 3 is 2.03 bits per heavy atom. The third-order valence-corrected chi connectivity index (χ3v) is 7.16. The van der Waals surface area contributed by atoms with Crippen LogP contribution in [0.15, 0.2) is 54.7 Å². The van der Waals surface area contributed by atoms with Crippen LogP contribution in [0, 0.1) is 17.4 Å². The van der Waals surface area contributed by atoms with Gasteiger partial charge in [-0.05, 0) is 86.7 Å². The Bertz CT molecular complexity index is 1650. The van der Waals surface area contributed by atoms with E-state index in [4.69, 9.17) is 14.2 Å². The number of H-pyrrole nitrogens is 2. The second-order valence-corrected chi connectivity index (χ2v) is 9.87. The first-order valence-electron chi connectivity index (χ1n) is 12.5. The molecule has 0 saturated heterocycles. The Morgan fingerprint density at radius 1 is 0.846 bits per heavy atom. The van der Waals surface area contributed by atoms with Crippen LogP contribution in [0.3, 0.4) is 0 Å². The molecule has 2 aromatic carbocycles. The molecule has 0 amide bonds. The van der Waals surface area contributed by atoms with E-state index in [1.807, 2.05) is 56.3 Å². The summed E-state index contributed by atoms with van der Waals surface area (Å²) in [5, 5.41) is 2.02. The number of nitrogens with zero attached hydrogens (tertiary/aromatic N) is 1. The molecule has 3 aromatic heterocycles. The molecule has 39 heavy (non-hydrogen) atoms. The number of esters is 2. The van der Waals surface area contributed by atoms with Gasteiger partial charge in [0.25, 0.3) is 0 Å². The zero-order valence-electron chi connectivity index (χ0n) is 22.5. The van der Waals surface area contributed by atoms with Crippen LogP contribution in [0.4, 0.5) is 0 Å². The predicted octanol–water partition coefficient (Wildman–Crippen LogP) is 6.98. The summed E-state index contributed by atoms with van der Waals surface area (Å²) in [5.41, 5.74) is 6.61. The summed E-state index contributed by atoms with van der Waals surface area (Å²) in [6.07, 6.45) is 1.66. The Hall–Kier alpha value is -3.86. The van der Waals surface area contributed by atoms with Crippen LogP contribution < -0.4 is 4.74 Å². The number of hydrogen-bond acceptors (Lipinski definition) is 6. The van der Waals surface area contributed by atoms with E-state index < -0.39 is 0 Å². The third kappa shape index (κ3) is 5.93. The molecule has 9 heteroatoms. The lowest BCUT2D eigenvalue weighted by Gasteiger charge is -2.09. The predicted molar refractivity (Wildman–Crippen MR) is 160 cm³/mol. The van der Waals surface area contributed by atoms with Crippen molar-refractivity contribution in [3.8, 4) is 17.0 Å². The van der Waals surface area contributed by atoms with Crippen molar-refractivity contribution in [3.63, 3.8) is 0 Å². The fraction of sp³-hybridized carbons (Fsp3) is 0.233. The Kier molecular flexibility index (Phi) is 8.90. The normalized spacial score (nSPS) is 10.7. The summed E-state index contributed by atoms with van der Waals surface area (Å²) in [4.78, 5) is 34.5. The monoisotopic (exact) mass is 639 g/mol. The number of halogens is 1. The van der Waals surface area contributed by atoms with Crippen molar-refractivity contribution in [2.75, 3.05) is 20.3 Å². The number of pyridine rings is 1. The first-order chi connectivity index (χ1) is 18.8. The minimum atomic E-state index is -0.387. The largest absolute Gasteiger partial charge is 0.481 e. The summed E-state index contributed by atoms with van der Waals surface area (Å²) in [5.74, 6) is -0.205. The molecule has 0 radical (unpaired) electrons. The number of hydrogen-bond donors (Lipinski definition) is 2. The number of carbonyl (C=O) groups is 2. The van der Waals surface area contributed by atoms with Gasteiger partial charge in [0.2, 0.25) is 5.88 Å². The fourth-order valence-corrected chi connectivity index (χ4v) is 5.10. The Morgan fingerprint density at radius 2 is 1.41 bits per heavy atom. The summed E-state index contributed by atoms with van der Waals surface area (Å²) in [6.45, 7) is 8.35. The molecule has 8 nitrogen and oxygen atoms in total. The van der Waals surface area contributed by atoms with Crippen molar-refractivity contribution in [1.82, 2.24) is 15.0 Å². The maximum atomic E-state index is 12.4. The van der Waals surface area contributed by atoms with Crippen LogP contribution in [0.1, 0.15) is 46.0 Å². The smallest absolute Gasteiger partial charge is 0.355 e. The number of methoxy groups -OCH3 is 1. The quantitative estimate of drug-likeness (QED) is 0.153. The first-order valence-corrected chi connectivity index (χ1v) is 13.6. The van der Waals surface area contributed by atoms with Crippen molar-refractivity contribution >= 4 is 56.3 Å². The molecular weight excluding hydrogens is 609 g/mol. The summed E-state index contributed by atoms with van der Waals surface area (Å²) in [6, 6.07) is 15.8. The summed E-state index contributed by atoms with van der Waals surface area (Å²) < 4.78 is 16.5. The fourth-order valence-electron chi connectivity index (χ4n) is 4.30. The van der Waals surface area contributed by atoms with Gasteiger partial charge in [-0.1, -0.05) is 23.3 Å². The van der Waals surface area contributed by atoms with Gasteiger partial charge >= 0.3 is 11.9 Å². The highest BCUT2D eigenvalue weighted by atomic mass is 127. The minimum absolute atomic E-state index is 0.291. The molecule has 0 spiro atoms. The lowest BCUT2D eigenvalue weighted by atomic mass is 10.0. The van der Waals surface area contributed by atoms with E-state index in [0.29, 0.717) is 30.5 Å². The molecule has 0 aliphatic rings. The van der Waals surface area contributed by atoms with Crippen molar-refractivity contribution in [2.24, 2.45) is 0 Å². The topological polar surface area (TPSA) is 106 Å². The number of ether oxygens (including phenoxy) is 3. The standard InChI is InChI=1S/C18H18N2O3.C12H12INO2/c1-4-23-18(21)16-15(12-6-5-9-19-17(12)22-3)13-10-11(2)7-8-14(13)20-16;1-3-16-12(15)11-10(13)8-6-7(2)4-5-9(8)14-11/h5-10,20H,4H2,1-3H3;4-6,14H,3H2,1-2H3. The lowest BCUT2D eigenvalue weighted by molar-refractivity contribution is 0.0511. The van der Waals surface area contributed by atoms with E-state index >= 15 is 0 Å². The van der Waals surface area contributed by atoms with Gasteiger partial charge in [-0.15, -0.1) is 0 Å². The molecule has 0 aliphatic heterocycles. The molecule has 0 saturated carbocycles. The number of aryl methyl sites for hydroxylation is 2.